The summed E-state index contributed by atoms with van der Waals surface area (Å²) in [6.07, 6.45) is -1.82. The number of halogens is 3. The van der Waals surface area contributed by atoms with Gasteiger partial charge in [0, 0.05) is 12.7 Å². The highest BCUT2D eigenvalue weighted by Gasteiger charge is 2.26. The molecule has 15 heavy (non-hydrogen) atoms. The van der Waals surface area contributed by atoms with E-state index in [-0.39, 0.29) is 21.4 Å². The third kappa shape index (κ3) is 2.37. The van der Waals surface area contributed by atoms with Gasteiger partial charge in [0.15, 0.2) is 0 Å². The summed E-state index contributed by atoms with van der Waals surface area (Å²) in [5.41, 5.74) is 4.00. The van der Waals surface area contributed by atoms with Crippen LogP contribution in [0.4, 0.5) is 14.5 Å². The van der Waals surface area contributed by atoms with Gasteiger partial charge in [0.1, 0.15) is 9.26 Å². The standard InChI is InChI=1S/C7H6F2IN3O2/c8-7(9)5-3(1-11)6(13(14)15)4(10)2-12-5/h2,7H,1,11H2. The third-order valence-corrected chi connectivity index (χ3v) is 2.52. The Morgan fingerprint density at radius 2 is 2.27 bits per heavy atom. The van der Waals surface area contributed by atoms with E-state index in [0.29, 0.717) is 0 Å². The van der Waals surface area contributed by atoms with Crippen LogP contribution in [0.25, 0.3) is 0 Å². The van der Waals surface area contributed by atoms with E-state index in [9.17, 15) is 18.9 Å². The van der Waals surface area contributed by atoms with E-state index in [4.69, 9.17) is 5.73 Å². The van der Waals surface area contributed by atoms with E-state index in [2.05, 4.69) is 4.98 Å². The van der Waals surface area contributed by atoms with Crippen LogP contribution in [0.1, 0.15) is 17.7 Å². The van der Waals surface area contributed by atoms with Crippen LogP contribution in [0.2, 0.25) is 0 Å². The summed E-state index contributed by atoms with van der Waals surface area (Å²) in [6, 6.07) is 0. The van der Waals surface area contributed by atoms with Crippen molar-refractivity contribution in [2.24, 2.45) is 5.73 Å². The first-order valence-corrected chi connectivity index (χ1v) is 4.86. The Balaban J connectivity index is 3.47. The summed E-state index contributed by atoms with van der Waals surface area (Å²) < 4.78 is 25.1. The largest absolute Gasteiger partial charge is 0.326 e. The zero-order valence-electron chi connectivity index (χ0n) is 7.28. The first-order chi connectivity index (χ1) is 6.99. The molecule has 8 heteroatoms. The number of aromatic nitrogens is 1. The summed E-state index contributed by atoms with van der Waals surface area (Å²) in [4.78, 5) is 13.4. The summed E-state index contributed by atoms with van der Waals surface area (Å²) in [5.74, 6) is 0. The molecule has 0 bridgehead atoms. The minimum absolute atomic E-state index is 0.197. The normalized spacial score (nSPS) is 10.7. The van der Waals surface area contributed by atoms with Gasteiger partial charge < -0.3 is 5.73 Å². The Morgan fingerprint density at radius 3 is 2.67 bits per heavy atom. The zero-order valence-corrected chi connectivity index (χ0v) is 9.44. The van der Waals surface area contributed by atoms with Crippen molar-refractivity contribution in [3.8, 4) is 0 Å². The minimum Gasteiger partial charge on any atom is -0.326 e. The molecule has 0 unspecified atom stereocenters. The van der Waals surface area contributed by atoms with E-state index in [1.165, 1.54) is 0 Å². The Labute approximate surface area is 97.0 Å². The van der Waals surface area contributed by atoms with Crippen LogP contribution in [0.3, 0.4) is 0 Å². The molecule has 5 nitrogen and oxygen atoms in total. The molecule has 1 rings (SSSR count). The monoisotopic (exact) mass is 329 g/mol. The van der Waals surface area contributed by atoms with Gasteiger partial charge in [0.25, 0.3) is 12.1 Å². The molecule has 0 fully saturated rings. The molecule has 2 N–H and O–H groups in total. The molecule has 1 heterocycles. The lowest BCUT2D eigenvalue weighted by molar-refractivity contribution is -0.386. The maximum atomic E-state index is 12.4. The lowest BCUT2D eigenvalue weighted by Gasteiger charge is -2.07. The molecule has 0 aromatic carbocycles. The smallest absolute Gasteiger partial charge is 0.290 e. The molecule has 0 saturated heterocycles. The van der Waals surface area contributed by atoms with Gasteiger partial charge in [-0.3, -0.25) is 15.1 Å². The molecule has 0 aliphatic rings. The fraction of sp³-hybridized carbons (Fsp3) is 0.286. The van der Waals surface area contributed by atoms with Crippen molar-refractivity contribution in [3.63, 3.8) is 0 Å². The number of nitrogens with zero attached hydrogens (tertiary/aromatic N) is 2. The van der Waals surface area contributed by atoms with Crippen LogP contribution >= 0.6 is 22.6 Å². The van der Waals surface area contributed by atoms with Crippen LogP contribution in [0.15, 0.2) is 6.20 Å². The number of nitro groups is 1. The molecule has 1 aromatic heterocycles. The molecular formula is C7H6F2IN3O2. The van der Waals surface area contributed by atoms with Gasteiger partial charge in [0.2, 0.25) is 0 Å². The van der Waals surface area contributed by atoms with E-state index >= 15 is 0 Å². The van der Waals surface area contributed by atoms with Crippen LogP contribution in [-0.4, -0.2) is 9.91 Å². The average molecular weight is 329 g/mol. The molecule has 0 spiro atoms. The van der Waals surface area contributed by atoms with Crippen LogP contribution in [0.5, 0.6) is 0 Å². The first-order valence-electron chi connectivity index (χ1n) is 3.79. The Morgan fingerprint density at radius 1 is 1.67 bits per heavy atom. The lowest BCUT2D eigenvalue weighted by Crippen LogP contribution is -2.09. The zero-order chi connectivity index (χ0) is 11.6. The summed E-state index contributed by atoms with van der Waals surface area (Å²) in [5, 5.41) is 10.6. The van der Waals surface area contributed by atoms with Gasteiger partial charge in [-0.25, -0.2) is 8.78 Å². The average Bonchev–Trinajstić information content (AvgIpc) is 2.15. The quantitative estimate of drug-likeness (QED) is 0.522. The van der Waals surface area contributed by atoms with Crippen LogP contribution in [0, 0.1) is 13.7 Å². The number of nitrogens with two attached hydrogens (primary N) is 1. The Kier molecular flexibility index (Phi) is 3.85. The number of hydrogen-bond donors (Lipinski definition) is 1. The summed E-state index contributed by atoms with van der Waals surface area (Å²) in [7, 11) is 0. The molecule has 82 valence electrons. The first kappa shape index (κ1) is 12.2. The van der Waals surface area contributed by atoms with Crippen LogP contribution < -0.4 is 5.73 Å². The van der Waals surface area contributed by atoms with Crippen LogP contribution in [-0.2, 0) is 6.54 Å². The van der Waals surface area contributed by atoms with Crippen molar-refractivity contribution >= 4 is 28.3 Å². The second-order valence-electron chi connectivity index (χ2n) is 2.58. The minimum atomic E-state index is -2.86. The van der Waals surface area contributed by atoms with Gasteiger partial charge in [-0.2, -0.15) is 0 Å². The number of rotatable bonds is 3. The summed E-state index contributed by atoms with van der Waals surface area (Å²) >= 11 is 1.66. The van der Waals surface area contributed by atoms with Gasteiger partial charge in [-0.1, -0.05) is 0 Å². The Bertz CT molecular complexity index is 400. The van der Waals surface area contributed by atoms with Gasteiger partial charge >= 0.3 is 0 Å². The van der Waals surface area contributed by atoms with Crippen molar-refractivity contribution in [2.75, 3.05) is 0 Å². The number of pyridine rings is 1. The van der Waals surface area contributed by atoms with Crippen molar-refractivity contribution in [3.05, 3.63) is 31.1 Å². The Hall–Kier alpha value is -0.900. The van der Waals surface area contributed by atoms with Crippen molar-refractivity contribution < 1.29 is 13.7 Å². The summed E-state index contributed by atoms with van der Waals surface area (Å²) in [6.45, 7) is -0.334. The second kappa shape index (κ2) is 4.75. The topological polar surface area (TPSA) is 82.0 Å². The van der Waals surface area contributed by atoms with Gasteiger partial charge in [0.05, 0.1) is 10.5 Å². The second-order valence-corrected chi connectivity index (χ2v) is 3.74. The SMILES string of the molecule is NCc1c(C(F)F)ncc(I)c1[N+](=O)[O-]. The fourth-order valence-electron chi connectivity index (χ4n) is 1.12. The molecule has 0 aliphatic carbocycles. The van der Waals surface area contributed by atoms with E-state index in [1.807, 2.05) is 0 Å². The molecular weight excluding hydrogens is 323 g/mol. The van der Waals surface area contributed by atoms with Gasteiger partial charge in [-0.15, -0.1) is 0 Å². The highest BCUT2D eigenvalue weighted by atomic mass is 127. The highest BCUT2D eigenvalue weighted by molar-refractivity contribution is 14.1. The molecule has 1 aromatic rings. The number of hydrogen-bond acceptors (Lipinski definition) is 4. The van der Waals surface area contributed by atoms with Gasteiger partial charge in [-0.05, 0) is 22.6 Å². The van der Waals surface area contributed by atoms with E-state index in [0.717, 1.165) is 6.20 Å². The van der Waals surface area contributed by atoms with E-state index < -0.39 is 17.0 Å². The van der Waals surface area contributed by atoms with E-state index in [1.54, 1.807) is 22.6 Å². The fourth-order valence-corrected chi connectivity index (χ4v) is 1.78. The molecule has 0 saturated carbocycles. The maximum Gasteiger partial charge on any atom is 0.290 e. The number of alkyl halides is 2. The molecule has 0 atom stereocenters. The highest BCUT2D eigenvalue weighted by Crippen LogP contribution is 2.31. The van der Waals surface area contributed by atoms with Crippen molar-refractivity contribution in [1.29, 1.82) is 0 Å². The third-order valence-electron chi connectivity index (χ3n) is 1.73. The predicted molar refractivity (Wildman–Crippen MR) is 56.5 cm³/mol. The molecule has 0 aliphatic heterocycles. The van der Waals surface area contributed by atoms with Crippen molar-refractivity contribution in [1.82, 2.24) is 4.98 Å². The molecule has 0 amide bonds. The predicted octanol–water partition coefficient (Wildman–Crippen LogP) is 1.99. The maximum absolute atomic E-state index is 12.4. The molecule has 0 radical (unpaired) electrons. The lowest BCUT2D eigenvalue weighted by atomic mass is 10.1. The van der Waals surface area contributed by atoms with Crippen molar-refractivity contribution in [2.45, 2.75) is 13.0 Å².